The highest BCUT2D eigenvalue weighted by atomic mass is 32.2. The van der Waals surface area contributed by atoms with E-state index in [0.717, 1.165) is 43.7 Å². The van der Waals surface area contributed by atoms with Crippen LogP contribution < -0.4 is 20.7 Å². The lowest BCUT2D eigenvalue weighted by Crippen LogP contribution is -2.54. The van der Waals surface area contributed by atoms with Gasteiger partial charge in [-0.25, -0.2) is 17.5 Å². The zero-order valence-corrected chi connectivity index (χ0v) is 28.1. The highest BCUT2D eigenvalue weighted by molar-refractivity contribution is 7.91. The Morgan fingerprint density at radius 2 is 1.70 bits per heavy atom. The Bertz CT molecular complexity index is 1520. The van der Waals surface area contributed by atoms with Crippen LogP contribution in [0.4, 0.5) is 10.1 Å². The average Bonchev–Trinajstić information content (AvgIpc) is 3.56. The molecule has 2 atom stereocenters. The van der Waals surface area contributed by atoms with Crippen molar-refractivity contribution in [2.45, 2.75) is 68.2 Å². The van der Waals surface area contributed by atoms with Gasteiger partial charge in [0.15, 0.2) is 0 Å². The van der Waals surface area contributed by atoms with Crippen molar-refractivity contribution in [3.8, 4) is 0 Å². The number of sulfonamides is 1. The molecule has 0 bridgehead atoms. The molecular formula is C31H43FN6O6S2. The maximum absolute atomic E-state index is 15.4. The highest BCUT2D eigenvalue weighted by Crippen LogP contribution is 2.29. The van der Waals surface area contributed by atoms with Gasteiger partial charge in [-0.05, 0) is 62.7 Å². The molecule has 0 spiro atoms. The molecule has 252 valence electrons. The van der Waals surface area contributed by atoms with Gasteiger partial charge in [0.05, 0.1) is 10.6 Å². The van der Waals surface area contributed by atoms with Crippen LogP contribution >= 0.6 is 11.3 Å². The number of likely N-dealkylation sites (N-methyl/N-ethyl adjacent to an activating group) is 1. The molecule has 2 aromatic rings. The first-order valence-corrected chi connectivity index (χ1v) is 17.9. The second-order valence-electron chi connectivity index (χ2n) is 11.8. The second kappa shape index (κ2) is 15.9. The summed E-state index contributed by atoms with van der Waals surface area (Å²) in [5.74, 6) is -2.56. The van der Waals surface area contributed by atoms with E-state index in [1.54, 1.807) is 17.9 Å². The first-order chi connectivity index (χ1) is 21.9. The third-order valence-corrected chi connectivity index (χ3v) is 11.5. The largest absolute Gasteiger partial charge is 0.344 e. The van der Waals surface area contributed by atoms with Crippen LogP contribution in [0, 0.1) is 11.7 Å². The van der Waals surface area contributed by atoms with E-state index in [-0.39, 0.29) is 45.3 Å². The number of piperazine rings is 1. The smallest absolute Gasteiger partial charge is 0.262 e. The molecule has 1 saturated heterocycles. The lowest BCUT2D eigenvalue weighted by Gasteiger charge is -2.34. The molecule has 1 aromatic heterocycles. The molecule has 15 heteroatoms. The fourth-order valence-electron chi connectivity index (χ4n) is 5.74. The number of hydrogen-bond acceptors (Lipinski definition) is 8. The van der Waals surface area contributed by atoms with Gasteiger partial charge in [-0.15, -0.1) is 11.3 Å². The normalized spacial score (nSPS) is 17.6. The number of halogens is 1. The van der Waals surface area contributed by atoms with Crippen molar-refractivity contribution in [1.29, 1.82) is 0 Å². The van der Waals surface area contributed by atoms with Gasteiger partial charge in [0.25, 0.3) is 5.91 Å². The van der Waals surface area contributed by atoms with E-state index in [9.17, 15) is 27.6 Å². The van der Waals surface area contributed by atoms with Crippen LogP contribution in [0.2, 0.25) is 0 Å². The second-order valence-corrected chi connectivity index (χ2v) is 15.0. The summed E-state index contributed by atoms with van der Waals surface area (Å²) < 4.78 is 41.9. The first kappa shape index (κ1) is 35.5. The van der Waals surface area contributed by atoms with Gasteiger partial charge < -0.3 is 25.8 Å². The fourth-order valence-corrected chi connectivity index (χ4v) is 7.79. The fraction of sp³-hybridized carbons (Fsp3) is 0.548. The molecular weight excluding hydrogens is 636 g/mol. The molecule has 12 nitrogen and oxygen atoms in total. The number of thiophene rings is 1. The predicted octanol–water partition coefficient (Wildman–Crippen LogP) is 2.32. The minimum absolute atomic E-state index is 0.0253. The molecule has 2 aliphatic rings. The van der Waals surface area contributed by atoms with Crippen LogP contribution in [0.5, 0.6) is 0 Å². The van der Waals surface area contributed by atoms with Gasteiger partial charge in [0, 0.05) is 39.0 Å². The lowest BCUT2D eigenvalue weighted by atomic mass is 9.83. The Morgan fingerprint density at radius 1 is 1.00 bits per heavy atom. The Labute approximate surface area is 273 Å². The number of nitrogens with one attached hydrogen (secondary N) is 4. The van der Waals surface area contributed by atoms with Gasteiger partial charge >= 0.3 is 0 Å². The Morgan fingerprint density at radius 3 is 2.33 bits per heavy atom. The van der Waals surface area contributed by atoms with E-state index in [1.165, 1.54) is 31.3 Å². The van der Waals surface area contributed by atoms with E-state index >= 15 is 4.39 Å². The van der Waals surface area contributed by atoms with Crippen LogP contribution in [-0.4, -0.2) is 94.2 Å². The minimum atomic E-state index is -3.73. The van der Waals surface area contributed by atoms with E-state index in [1.807, 2.05) is 7.05 Å². The monoisotopic (exact) mass is 678 g/mol. The maximum Gasteiger partial charge on any atom is 0.262 e. The summed E-state index contributed by atoms with van der Waals surface area (Å²) in [5.41, 5.74) is 0.392. The third-order valence-electron chi connectivity index (χ3n) is 8.53. The van der Waals surface area contributed by atoms with Gasteiger partial charge in [-0.2, -0.15) is 0 Å². The number of anilines is 1. The van der Waals surface area contributed by atoms with Crippen molar-refractivity contribution in [2.75, 3.05) is 45.6 Å². The number of nitrogens with zero attached hydrogens (tertiary/aromatic N) is 2. The number of carbonyl (C=O) groups is 4. The summed E-state index contributed by atoms with van der Waals surface area (Å²) in [6.45, 7) is 4.21. The quantitative estimate of drug-likeness (QED) is 0.269. The van der Waals surface area contributed by atoms with Gasteiger partial charge in [0.2, 0.25) is 27.7 Å². The third kappa shape index (κ3) is 9.11. The number of carbonyl (C=O) groups excluding carboxylic acids is 4. The van der Waals surface area contributed by atoms with Crippen molar-refractivity contribution in [2.24, 2.45) is 5.92 Å². The lowest BCUT2D eigenvalue weighted by molar-refractivity contribution is -0.137. The summed E-state index contributed by atoms with van der Waals surface area (Å²) in [6.07, 6.45) is 4.48. The molecule has 4 rings (SSSR count). The maximum atomic E-state index is 15.4. The molecule has 4 amide bonds. The summed E-state index contributed by atoms with van der Waals surface area (Å²) in [5, 5.41) is 8.17. The minimum Gasteiger partial charge on any atom is -0.344 e. The first-order valence-electron chi connectivity index (χ1n) is 15.6. The topological polar surface area (TPSA) is 157 Å². The Balaban J connectivity index is 1.48. The van der Waals surface area contributed by atoms with Crippen molar-refractivity contribution in [3.63, 3.8) is 0 Å². The van der Waals surface area contributed by atoms with E-state index in [2.05, 4.69) is 25.6 Å². The number of amides is 4. The van der Waals surface area contributed by atoms with Crippen molar-refractivity contribution in [3.05, 3.63) is 46.6 Å². The van der Waals surface area contributed by atoms with Crippen LogP contribution in [-0.2, 0) is 30.8 Å². The standard InChI is InChI=1S/C31H43FN6O6S2/c1-4-26(39)34-24(31(42)38-16-14-37(3)15-17-38)19-20-10-11-23(22(32)18-20)35-30(41)28(21-8-6-5-7-9-21)36-29(40)25-12-13-27(45-25)46(43,44)33-2/h10-13,18,21,24,28,33H,4-9,14-17,19H2,1-3H3,(H,34,39)(H,35,41)(H,36,40)/t24-,28+/m1/s1. The molecule has 2 fully saturated rings. The molecule has 0 radical (unpaired) electrons. The Kier molecular flexibility index (Phi) is 12.3. The summed E-state index contributed by atoms with van der Waals surface area (Å²) in [7, 11) is -0.473. The molecule has 0 unspecified atom stereocenters. The zero-order chi connectivity index (χ0) is 33.4. The van der Waals surface area contributed by atoms with Crippen molar-refractivity contribution < 1.29 is 32.0 Å². The van der Waals surface area contributed by atoms with Crippen LogP contribution in [0.1, 0.15) is 60.7 Å². The van der Waals surface area contributed by atoms with Crippen LogP contribution in [0.25, 0.3) is 0 Å². The zero-order valence-electron chi connectivity index (χ0n) is 26.4. The number of hydrogen-bond donors (Lipinski definition) is 4. The summed E-state index contributed by atoms with van der Waals surface area (Å²) in [4.78, 5) is 56.2. The molecule has 1 aromatic carbocycles. The molecule has 1 aliphatic carbocycles. The number of benzene rings is 1. The van der Waals surface area contributed by atoms with E-state index < -0.39 is 39.7 Å². The van der Waals surface area contributed by atoms with Crippen LogP contribution in [0.3, 0.4) is 0 Å². The molecule has 1 aliphatic heterocycles. The number of rotatable bonds is 12. The highest BCUT2D eigenvalue weighted by Gasteiger charge is 2.33. The predicted molar refractivity (Wildman–Crippen MR) is 173 cm³/mol. The summed E-state index contributed by atoms with van der Waals surface area (Å²) >= 11 is 0.792. The van der Waals surface area contributed by atoms with Crippen molar-refractivity contribution in [1.82, 2.24) is 25.2 Å². The van der Waals surface area contributed by atoms with E-state index in [4.69, 9.17) is 0 Å². The Hall–Kier alpha value is -3.40. The SMILES string of the molecule is CCC(=O)N[C@H](Cc1ccc(NC(=O)[C@@H](NC(=O)c2ccc(S(=O)(=O)NC)s2)C2CCCCC2)c(F)c1)C(=O)N1CCN(C)CC1. The van der Waals surface area contributed by atoms with Gasteiger partial charge in [-0.3, -0.25) is 19.2 Å². The van der Waals surface area contributed by atoms with Crippen LogP contribution in [0.15, 0.2) is 34.5 Å². The average molecular weight is 679 g/mol. The molecule has 46 heavy (non-hydrogen) atoms. The van der Waals surface area contributed by atoms with Gasteiger partial charge in [0.1, 0.15) is 22.1 Å². The van der Waals surface area contributed by atoms with Crippen molar-refractivity contribution >= 4 is 50.7 Å². The summed E-state index contributed by atoms with van der Waals surface area (Å²) in [6, 6.07) is 5.15. The van der Waals surface area contributed by atoms with E-state index in [0.29, 0.717) is 31.5 Å². The molecule has 4 N–H and O–H groups in total. The molecule has 1 saturated carbocycles. The molecule has 2 heterocycles. The van der Waals surface area contributed by atoms with Gasteiger partial charge in [-0.1, -0.05) is 32.3 Å².